The van der Waals surface area contributed by atoms with E-state index in [0.717, 1.165) is 28.9 Å². The van der Waals surface area contributed by atoms with Gasteiger partial charge in [0.1, 0.15) is 11.4 Å². The van der Waals surface area contributed by atoms with Crippen LogP contribution in [0.15, 0.2) is 78.9 Å². The van der Waals surface area contributed by atoms with Crippen LogP contribution in [0, 0.1) is 0 Å². The molecule has 1 N–H and O–H groups in total. The van der Waals surface area contributed by atoms with Crippen molar-refractivity contribution in [1.82, 2.24) is 4.90 Å². The third-order valence-electron chi connectivity index (χ3n) is 7.46. The maximum Gasteiger partial charge on any atom is 0.410 e. The van der Waals surface area contributed by atoms with Crippen LogP contribution in [0.25, 0.3) is 0 Å². The molecule has 43 heavy (non-hydrogen) atoms. The Kier molecular flexibility index (Phi) is 11.6. The SMILES string of the molecule is CC(C)c1ccc(COC2CN(C(=O)OC(C)(C)C)CC(O)C2c2ccc(OCCCOCc3ccccc3)cc2)cc1. The van der Waals surface area contributed by atoms with Gasteiger partial charge in [0.15, 0.2) is 0 Å². The molecular formula is C36H47NO6. The van der Waals surface area contributed by atoms with Gasteiger partial charge in [-0.15, -0.1) is 0 Å². The molecular weight excluding hydrogens is 542 g/mol. The second-order valence-electron chi connectivity index (χ2n) is 12.5. The smallest absolute Gasteiger partial charge is 0.410 e. The first-order valence-corrected chi connectivity index (χ1v) is 15.3. The third-order valence-corrected chi connectivity index (χ3v) is 7.46. The molecule has 0 radical (unpaired) electrons. The Hall–Kier alpha value is -3.39. The Bertz CT molecular complexity index is 1250. The predicted molar refractivity (Wildman–Crippen MR) is 168 cm³/mol. The molecule has 3 aromatic carbocycles. The van der Waals surface area contributed by atoms with Crippen LogP contribution in [0.1, 0.15) is 75.1 Å². The molecule has 7 heteroatoms. The summed E-state index contributed by atoms with van der Waals surface area (Å²) in [5.41, 5.74) is 3.79. The molecule has 0 aromatic heterocycles. The summed E-state index contributed by atoms with van der Waals surface area (Å²) in [7, 11) is 0. The molecule has 232 valence electrons. The summed E-state index contributed by atoms with van der Waals surface area (Å²) in [6.07, 6.45) is -0.904. The number of hydrogen-bond acceptors (Lipinski definition) is 6. The van der Waals surface area contributed by atoms with Gasteiger partial charge >= 0.3 is 6.09 Å². The number of rotatable bonds is 12. The fourth-order valence-corrected chi connectivity index (χ4v) is 5.16. The van der Waals surface area contributed by atoms with E-state index < -0.39 is 23.9 Å². The minimum absolute atomic E-state index is 0.170. The van der Waals surface area contributed by atoms with Crippen molar-refractivity contribution in [2.75, 3.05) is 26.3 Å². The van der Waals surface area contributed by atoms with Gasteiger partial charge in [0.2, 0.25) is 0 Å². The number of β-amino-alcohol motifs (C(OH)–C–C–N with tert-alkyl or cyclic N) is 1. The molecule has 1 aliphatic heterocycles. The highest BCUT2D eigenvalue weighted by atomic mass is 16.6. The second-order valence-corrected chi connectivity index (χ2v) is 12.5. The van der Waals surface area contributed by atoms with E-state index in [4.69, 9.17) is 18.9 Å². The maximum absolute atomic E-state index is 12.9. The van der Waals surface area contributed by atoms with E-state index in [-0.39, 0.29) is 12.5 Å². The molecule has 0 bridgehead atoms. The fraction of sp³-hybridized carbons (Fsp3) is 0.472. The fourth-order valence-electron chi connectivity index (χ4n) is 5.16. The van der Waals surface area contributed by atoms with Crippen molar-refractivity contribution < 1.29 is 28.8 Å². The second kappa shape index (κ2) is 15.4. The number of amides is 1. The average Bonchev–Trinajstić information content (AvgIpc) is 2.98. The summed E-state index contributed by atoms with van der Waals surface area (Å²) in [6, 6.07) is 26.3. The first-order valence-electron chi connectivity index (χ1n) is 15.3. The minimum Gasteiger partial charge on any atom is -0.494 e. The van der Waals surface area contributed by atoms with Gasteiger partial charge in [-0.2, -0.15) is 0 Å². The van der Waals surface area contributed by atoms with Crippen molar-refractivity contribution in [3.8, 4) is 5.75 Å². The normalized spacial score (nSPS) is 19.0. The summed E-state index contributed by atoms with van der Waals surface area (Å²) in [5.74, 6) is 0.902. The number of carbonyl (C=O) groups excluding carboxylic acids is 1. The monoisotopic (exact) mass is 589 g/mol. The summed E-state index contributed by atoms with van der Waals surface area (Å²) in [4.78, 5) is 14.5. The Morgan fingerprint density at radius 3 is 2.21 bits per heavy atom. The predicted octanol–water partition coefficient (Wildman–Crippen LogP) is 7.08. The Morgan fingerprint density at radius 1 is 0.884 bits per heavy atom. The van der Waals surface area contributed by atoms with Crippen LogP contribution in [0.5, 0.6) is 5.75 Å². The van der Waals surface area contributed by atoms with E-state index in [1.54, 1.807) is 4.90 Å². The van der Waals surface area contributed by atoms with Crippen molar-refractivity contribution in [3.63, 3.8) is 0 Å². The highest BCUT2D eigenvalue weighted by Crippen LogP contribution is 2.33. The lowest BCUT2D eigenvalue weighted by Gasteiger charge is -2.42. The molecule has 1 fully saturated rings. The number of aliphatic hydroxyl groups is 1. The first kappa shape index (κ1) is 32.5. The number of carbonyl (C=O) groups is 1. The van der Waals surface area contributed by atoms with E-state index >= 15 is 0 Å². The number of likely N-dealkylation sites (tertiary alicyclic amines) is 1. The molecule has 3 unspecified atom stereocenters. The molecule has 3 atom stereocenters. The summed E-state index contributed by atoms with van der Waals surface area (Å²) in [5, 5.41) is 11.3. The average molecular weight is 590 g/mol. The van der Waals surface area contributed by atoms with Gasteiger partial charge in [-0.1, -0.05) is 80.6 Å². The minimum atomic E-state index is -0.817. The molecule has 0 saturated carbocycles. The molecule has 1 heterocycles. The third kappa shape index (κ3) is 10.1. The van der Waals surface area contributed by atoms with Crippen molar-refractivity contribution >= 4 is 6.09 Å². The van der Waals surface area contributed by atoms with E-state index in [9.17, 15) is 9.90 Å². The zero-order valence-electron chi connectivity index (χ0n) is 26.2. The Labute approximate surface area is 256 Å². The molecule has 1 amide bonds. The lowest BCUT2D eigenvalue weighted by molar-refractivity contribution is -0.0756. The van der Waals surface area contributed by atoms with Crippen molar-refractivity contribution in [3.05, 3.63) is 101 Å². The van der Waals surface area contributed by atoms with Crippen molar-refractivity contribution in [2.24, 2.45) is 0 Å². The van der Waals surface area contributed by atoms with Crippen LogP contribution in [0.3, 0.4) is 0 Å². The van der Waals surface area contributed by atoms with Crippen LogP contribution >= 0.6 is 0 Å². The molecule has 4 rings (SSSR count). The van der Waals surface area contributed by atoms with Crippen LogP contribution in [0.4, 0.5) is 4.79 Å². The zero-order valence-corrected chi connectivity index (χ0v) is 26.2. The molecule has 3 aromatic rings. The summed E-state index contributed by atoms with van der Waals surface area (Å²) in [6.45, 7) is 12.5. The molecule has 7 nitrogen and oxygen atoms in total. The van der Waals surface area contributed by atoms with Gasteiger partial charge in [0.05, 0.1) is 51.7 Å². The lowest BCUT2D eigenvalue weighted by atomic mass is 9.84. The quantitative estimate of drug-likeness (QED) is 0.228. The topological polar surface area (TPSA) is 77.5 Å². The molecule has 1 aliphatic rings. The first-order chi connectivity index (χ1) is 20.6. The van der Waals surface area contributed by atoms with Gasteiger partial charge in [-0.3, -0.25) is 0 Å². The van der Waals surface area contributed by atoms with E-state index in [1.165, 1.54) is 5.56 Å². The molecule has 0 aliphatic carbocycles. The highest BCUT2D eigenvalue weighted by Gasteiger charge is 2.40. The summed E-state index contributed by atoms with van der Waals surface area (Å²) < 4.78 is 23.7. The van der Waals surface area contributed by atoms with Crippen LogP contribution in [0.2, 0.25) is 0 Å². The van der Waals surface area contributed by atoms with E-state index in [0.29, 0.717) is 38.9 Å². The van der Waals surface area contributed by atoms with Crippen LogP contribution < -0.4 is 4.74 Å². The van der Waals surface area contributed by atoms with Gasteiger partial charge in [0.25, 0.3) is 0 Å². The number of nitrogens with zero attached hydrogens (tertiary/aromatic N) is 1. The lowest BCUT2D eigenvalue weighted by Crippen LogP contribution is -2.54. The number of ether oxygens (including phenoxy) is 4. The van der Waals surface area contributed by atoms with Crippen molar-refractivity contribution in [2.45, 2.75) is 83.9 Å². The van der Waals surface area contributed by atoms with E-state index in [2.05, 4.69) is 50.2 Å². The van der Waals surface area contributed by atoms with Gasteiger partial charge in [0, 0.05) is 12.3 Å². The number of aliphatic hydroxyl groups excluding tert-OH is 1. The zero-order chi connectivity index (χ0) is 30.8. The van der Waals surface area contributed by atoms with Gasteiger partial charge < -0.3 is 29.0 Å². The van der Waals surface area contributed by atoms with Crippen LogP contribution in [-0.2, 0) is 27.4 Å². The standard InChI is InChI=1S/C36H47NO6/c1-26(2)29-14-12-28(13-15-29)25-42-33-23-37(35(39)43-36(3,4)5)22-32(38)34(33)30-16-18-31(19-17-30)41-21-9-20-40-24-27-10-7-6-8-11-27/h6-8,10-19,26,32-34,38H,9,20-25H2,1-5H3. The molecule has 0 spiro atoms. The van der Waals surface area contributed by atoms with E-state index in [1.807, 2.05) is 63.2 Å². The van der Waals surface area contributed by atoms with Gasteiger partial charge in [-0.25, -0.2) is 4.79 Å². The van der Waals surface area contributed by atoms with Crippen molar-refractivity contribution in [1.29, 1.82) is 0 Å². The van der Waals surface area contributed by atoms with Gasteiger partial charge in [-0.05, 0) is 61.1 Å². The Balaban J connectivity index is 1.37. The Morgan fingerprint density at radius 2 is 1.56 bits per heavy atom. The summed E-state index contributed by atoms with van der Waals surface area (Å²) >= 11 is 0. The molecule has 1 saturated heterocycles. The largest absolute Gasteiger partial charge is 0.494 e. The number of piperidine rings is 1. The number of benzene rings is 3. The highest BCUT2D eigenvalue weighted by molar-refractivity contribution is 5.68. The maximum atomic E-state index is 12.9. The van der Waals surface area contributed by atoms with Crippen LogP contribution in [-0.4, -0.2) is 60.2 Å². The number of hydrogen-bond donors (Lipinski definition) is 1.